The quantitative estimate of drug-likeness (QED) is 0.774. The molecule has 4 heteroatoms. The SMILES string of the molecule is Cc1cc(C(=O)Nc2cccc(O)c2C)ccc1O. The molecule has 0 spiro atoms. The number of rotatable bonds is 2. The normalized spacial score (nSPS) is 10.2. The maximum Gasteiger partial charge on any atom is 0.255 e. The van der Waals surface area contributed by atoms with Gasteiger partial charge in [-0.3, -0.25) is 4.79 Å². The van der Waals surface area contributed by atoms with Crippen molar-refractivity contribution < 1.29 is 15.0 Å². The summed E-state index contributed by atoms with van der Waals surface area (Å²) in [6.07, 6.45) is 0. The zero-order valence-corrected chi connectivity index (χ0v) is 10.8. The Balaban J connectivity index is 2.26. The predicted molar refractivity (Wildman–Crippen MR) is 73.6 cm³/mol. The van der Waals surface area contributed by atoms with E-state index in [1.54, 1.807) is 44.2 Å². The van der Waals surface area contributed by atoms with Gasteiger partial charge >= 0.3 is 0 Å². The van der Waals surface area contributed by atoms with Crippen molar-refractivity contribution in [2.75, 3.05) is 5.32 Å². The molecule has 0 atom stereocenters. The van der Waals surface area contributed by atoms with Crippen molar-refractivity contribution in [2.45, 2.75) is 13.8 Å². The highest BCUT2D eigenvalue weighted by Gasteiger charge is 2.10. The van der Waals surface area contributed by atoms with Crippen LogP contribution in [0.5, 0.6) is 11.5 Å². The predicted octanol–water partition coefficient (Wildman–Crippen LogP) is 2.97. The molecular weight excluding hydrogens is 242 g/mol. The van der Waals surface area contributed by atoms with Crippen LogP contribution in [0.2, 0.25) is 0 Å². The zero-order valence-electron chi connectivity index (χ0n) is 10.8. The van der Waals surface area contributed by atoms with Crippen molar-refractivity contribution in [3.63, 3.8) is 0 Å². The molecule has 19 heavy (non-hydrogen) atoms. The summed E-state index contributed by atoms with van der Waals surface area (Å²) in [4.78, 5) is 12.1. The van der Waals surface area contributed by atoms with Gasteiger partial charge in [-0.2, -0.15) is 0 Å². The highest BCUT2D eigenvalue weighted by molar-refractivity contribution is 6.05. The number of phenolic OH excluding ortho intramolecular Hbond substituents is 2. The highest BCUT2D eigenvalue weighted by Crippen LogP contribution is 2.25. The molecule has 2 rings (SSSR count). The summed E-state index contributed by atoms with van der Waals surface area (Å²) in [6, 6.07) is 9.61. The summed E-state index contributed by atoms with van der Waals surface area (Å²) in [5.74, 6) is 0.0153. The number of amides is 1. The second kappa shape index (κ2) is 5.02. The van der Waals surface area contributed by atoms with E-state index in [4.69, 9.17) is 0 Å². The standard InChI is InChI=1S/C15H15NO3/c1-9-8-11(6-7-13(9)17)15(19)16-12-4-3-5-14(18)10(12)2/h3-8,17-18H,1-2H3,(H,16,19). The van der Waals surface area contributed by atoms with Gasteiger partial charge < -0.3 is 15.5 Å². The Bertz CT molecular complexity index is 635. The molecular formula is C15H15NO3. The molecule has 0 heterocycles. The number of hydrogen-bond acceptors (Lipinski definition) is 3. The Labute approximate surface area is 111 Å². The van der Waals surface area contributed by atoms with Crippen LogP contribution in [0.25, 0.3) is 0 Å². The van der Waals surface area contributed by atoms with Crippen LogP contribution < -0.4 is 5.32 Å². The monoisotopic (exact) mass is 257 g/mol. The van der Waals surface area contributed by atoms with E-state index in [2.05, 4.69) is 5.32 Å². The number of carbonyl (C=O) groups is 1. The summed E-state index contributed by atoms with van der Waals surface area (Å²) in [5.41, 5.74) is 2.28. The maximum atomic E-state index is 12.1. The van der Waals surface area contributed by atoms with Crippen LogP contribution in [0.3, 0.4) is 0 Å². The lowest BCUT2D eigenvalue weighted by molar-refractivity contribution is 0.102. The summed E-state index contributed by atoms with van der Waals surface area (Å²) in [5, 5.41) is 21.7. The van der Waals surface area contributed by atoms with Gasteiger partial charge in [0.25, 0.3) is 5.91 Å². The smallest absolute Gasteiger partial charge is 0.255 e. The topological polar surface area (TPSA) is 69.6 Å². The molecule has 0 unspecified atom stereocenters. The Kier molecular flexibility index (Phi) is 3.42. The lowest BCUT2D eigenvalue weighted by atomic mass is 10.1. The van der Waals surface area contributed by atoms with E-state index >= 15 is 0 Å². The maximum absolute atomic E-state index is 12.1. The number of nitrogens with one attached hydrogen (secondary N) is 1. The molecule has 0 aliphatic rings. The molecule has 0 aliphatic carbocycles. The number of hydrogen-bond donors (Lipinski definition) is 3. The molecule has 2 aromatic rings. The zero-order chi connectivity index (χ0) is 14.0. The first-order chi connectivity index (χ1) is 8.99. The van der Waals surface area contributed by atoms with E-state index in [-0.39, 0.29) is 17.4 Å². The van der Waals surface area contributed by atoms with Crippen molar-refractivity contribution in [1.29, 1.82) is 0 Å². The van der Waals surface area contributed by atoms with Crippen LogP contribution in [0.4, 0.5) is 5.69 Å². The molecule has 3 N–H and O–H groups in total. The van der Waals surface area contributed by atoms with E-state index in [9.17, 15) is 15.0 Å². The van der Waals surface area contributed by atoms with Gasteiger partial charge in [0.15, 0.2) is 0 Å². The number of anilines is 1. The Morgan fingerprint density at radius 2 is 1.79 bits per heavy atom. The fraction of sp³-hybridized carbons (Fsp3) is 0.133. The third-order valence-electron chi connectivity index (χ3n) is 3.01. The molecule has 98 valence electrons. The van der Waals surface area contributed by atoms with Crippen LogP contribution in [0, 0.1) is 13.8 Å². The molecule has 0 radical (unpaired) electrons. The van der Waals surface area contributed by atoms with Gasteiger partial charge in [-0.1, -0.05) is 6.07 Å². The van der Waals surface area contributed by atoms with Gasteiger partial charge in [0.05, 0.1) is 0 Å². The van der Waals surface area contributed by atoms with E-state index < -0.39 is 0 Å². The number of carbonyl (C=O) groups excluding carboxylic acids is 1. The first-order valence-corrected chi connectivity index (χ1v) is 5.88. The summed E-state index contributed by atoms with van der Waals surface area (Å²) >= 11 is 0. The molecule has 0 aliphatic heterocycles. The van der Waals surface area contributed by atoms with Crippen LogP contribution in [0.15, 0.2) is 36.4 Å². The van der Waals surface area contributed by atoms with E-state index in [0.29, 0.717) is 22.4 Å². The molecule has 0 aromatic heterocycles. The van der Waals surface area contributed by atoms with Crippen LogP contribution >= 0.6 is 0 Å². The number of phenols is 2. The average Bonchev–Trinajstić information content (AvgIpc) is 2.38. The van der Waals surface area contributed by atoms with Crippen molar-refractivity contribution in [3.05, 3.63) is 53.1 Å². The molecule has 2 aromatic carbocycles. The van der Waals surface area contributed by atoms with E-state index in [1.165, 1.54) is 6.07 Å². The molecule has 4 nitrogen and oxygen atoms in total. The van der Waals surface area contributed by atoms with Crippen molar-refractivity contribution >= 4 is 11.6 Å². The number of aromatic hydroxyl groups is 2. The van der Waals surface area contributed by atoms with E-state index in [1.807, 2.05) is 0 Å². The second-order valence-electron chi connectivity index (χ2n) is 4.41. The average molecular weight is 257 g/mol. The van der Waals surface area contributed by atoms with Gasteiger partial charge in [0.2, 0.25) is 0 Å². The third kappa shape index (κ3) is 2.68. The largest absolute Gasteiger partial charge is 0.508 e. The van der Waals surface area contributed by atoms with Crippen molar-refractivity contribution in [1.82, 2.24) is 0 Å². The van der Waals surface area contributed by atoms with Gasteiger partial charge in [0.1, 0.15) is 11.5 Å². The number of benzene rings is 2. The minimum Gasteiger partial charge on any atom is -0.508 e. The lowest BCUT2D eigenvalue weighted by Gasteiger charge is -2.10. The molecule has 0 bridgehead atoms. The molecule has 1 amide bonds. The molecule has 0 fully saturated rings. The third-order valence-corrected chi connectivity index (χ3v) is 3.01. The summed E-state index contributed by atoms with van der Waals surface area (Å²) < 4.78 is 0. The van der Waals surface area contributed by atoms with Crippen LogP contribution in [-0.2, 0) is 0 Å². The molecule has 0 saturated carbocycles. The first kappa shape index (κ1) is 13.0. The minimum absolute atomic E-state index is 0.139. The minimum atomic E-state index is -0.281. The Hall–Kier alpha value is -2.49. The van der Waals surface area contributed by atoms with Gasteiger partial charge in [-0.05, 0) is 49.7 Å². The summed E-state index contributed by atoms with van der Waals surface area (Å²) in [6.45, 7) is 3.46. The Morgan fingerprint density at radius 1 is 1.05 bits per heavy atom. The second-order valence-corrected chi connectivity index (χ2v) is 4.41. The first-order valence-electron chi connectivity index (χ1n) is 5.88. The summed E-state index contributed by atoms with van der Waals surface area (Å²) in [7, 11) is 0. The van der Waals surface area contributed by atoms with Gasteiger partial charge in [0, 0.05) is 16.8 Å². The fourth-order valence-electron chi connectivity index (χ4n) is 1.75. The molecule has 0 saturated heterocycles. The number of aryl methyl sites for hydroxylation is 1. The van der Waals surface area contributed by atoms with Crippen molar-refractivity contribution in [3.8, 4) is 11.5 Å². The van der Waals surface area contributed by atoms with Crippen LogP contribution in [-0.4, -0.2) is 16.1 Å². The fourth-order valence-corrected chi connectivity index (χ4v) is 1.75. The van der Waals surface area contributed by atoms with Gasteiger partial charge in [-0.15, -0.1) is 0 Å². The lowest BCUT2D eigenvalue weighted by Crippen LogP contribution is -2.12. The van der Waals surface area contributed by atoms with Gasteiger partial charge in [-0.25, -0.2) is 0 Å². The highest BCUT2D eigenvalue weighted by atomic mass is 16.3. The van der Waals surface area contributed by atoms with E-state index in [0.717, 1.165) is 0 Å². The van der Waals surface area contributed by atoms with Crippen molar-refractivity contribution in [2.24, 2.45) is 0 Å². The Morgan fingerprint density at radius 3 is 2.47 bits per heavy atom. The van der Waals surface area contributed by atoms with Crippen LogP contribution in [0.1, 0.15) is 21.5 Å².